The number of hydrogen-bond donors (Lipinski definition) is 3. The second-order valence-corrected chi connectivity index (χ2v) is 8.72. The van der Waals surface area contributed by atoms with Crippen LogP contribution in [-0.2, 0) is 14.8 Å². The first-order valence-electron chi connectivity index (χ1n) is 8.97. The Balaban J connectivity index is 1.66. The van der Waals surface area contributed by atoms with E-state index >= 15 is 0 Å². The molecule has 9 heteroatoms. The highest BCUT2D eigenvalue weighted by Crippen LogP contribution is 2.30. The molecule has 1 aromatic heterocycles. The molecule has 3 N–H and O–H groups in total. The predicted octanol–water partition coefficient (Wildman–Crippen LogP) is 4.64. The fourth-order valence-corrected chi connectivity index (χ4v) is 4.43. The summed E-state index contributed by atoms with van der Waals surface area (Å²) in [6, 6.07) is 18.9. The molecule has 0 unspecified atom stereocenters. The Bertz CT molecular complexity index is 1350. The number of aromatic amines is 1. The van der Waals surface area contributed by atoms with E-state index in [9.17, 15) is 13.2 Å². The lowest BCUT2D eigenvalue weighted by Crippen LogP contribution is -2.13. The largest absolute Gasteiger partial charge is 0.325 e. The lowest BCUT2D eigenvalue weighted by atomic mass is 10.1. The number of aromatic nitrogens is 2. The summed E-state index contributed by atoms with van der Waals surface area (Å²) in [4.78, 5) is 11.2. The summed E-state index contributed by atoms with van der Waals surface area (Å²) in [7, 11) is -3.89. The summed E-state index contributed by atoms with van der Waals surface area (Å²) >= 11 is 6.12. The first-order chi connectivity index (χ1) is 14.3. The van der Waals surface area contributed by atoms with Gasteiger partial charge >= 0.3 is 0 Å². The normalized spacial score (nSPS) is 11.4. The van der Waals surface area contributed by atoms with Crippen molar-refractivity contribution in [3.8, 4) is 11.3 Å². The topological polar surface area (TPSA) is 104 Å². The van der Waals surface area contributed by atoms with Crippen LogP contribution < -0.4 is 10.0 Å². The standard InChI is InChI=1S/C21H17ClN4O3S/c1-13(27)23-20-10-8-16(12-18(20)22)30(28,29)26-15-7-9-19-17(11-15)21(25-24-19)14-5-3-2-4-6-14/h2-12,26H,1H3,(H,23,27)(H,24,25). The van der Waals surface area contributed by atoms with Gasteiger partial charge in [-0.3, -0.25) is 14.6 Å². The number of anilines is 2. The highest BCUT2D eigenvalue weighted by atomic mass is 35.5. The lowest BCUT2D eigenvalue weighted by molar-refractivity contribution is -0.114. The maximum absolute atomic E-state index is 12.8. The highest BCUT2D eigenvalue weighted by Gasteiger charge is 2.17. The van der Waals surface area contributed by atoms with Gasteiger partial charge in [0.15, 0.2) is 0 Å². The number of fused-ring (bicyclic) bond motifs is 1. The molecule has 4 aromatic rings. The van der Waals surface area contributed by atoms with Crippen molar-refractivity contribution in [3.05, 3.63) is 71.8 Å². The average Bonchev–Trinajstić information content (AvgIpc) is 3.13. The molecule has 0 radical (unpaired) electrons. The molecule has 1 amide bonds. The molecule has 0 fully saturated rings. The van der Waals surface area contributed by atoms with E-state index < -0.39 is 10.0 Å². The monoisotopic (exact) mass is 440 g/mol. The Labute approximate surface area is 178 Å². The summed E-state index contributed by atoms with van der Waals surface area (Å²) in [5, 5.41) is 10.8. The molecule has 0 aliphatic rings. The molecule has 0 atom stereocenters. The molecule has 30 heavy (non-hydrogen) atoms. The number of nitrogens with zero attached hydrogens (tertiary/aromatic N) is 1. The van der Waals surface area contributed by atoms with Crippen LogP contribution in [0.15, 0.2) is 71.6 Å². The van der Waals surface area contributed by atoms with Crippen molar-refractivity contribution in [3.63, 3.8) is 0 Å². The first-order valence-corrected chi connectivity index (χ1v) is 10.8. The summed E-state index contributed by atoms with van der Waals surface area (Å²) in [6.45, 7) is 1.35. The third-order valence-electron chi connectivity index (χ3n) is 4.42. The Morgan fingerprint density at radius 2 is 1.80 bits per heavy atom. The van der Waals surface area contributed by atoms with Gasteiger partial charge in [0.1, 0.15) is 0 Å². The van der Waals surface area contributed by atoms with Gasteiger partial charge in [-0.15, -0.1) is 0 Å². The van der Waals surface area contributed by atoms with Crippen LogP contribution in [0, 0.1) is 0 Å². The maximum atomic E-state index is 12.8. The van der Waals surface area contributed by atoms with E-state index in [1.165, 1.54) is 25.1 Å². The minimum atomic E-state index is -3.89. The number of amides is 1. The number of sulfonamides is 1. The van der Waals surface area contributed by atoms with E-state index in [1.807, 2.05) is 30.3 Å². The fraction of sp³-hybridized carbons (Fsp3) is 0.0476. The van der Waals surface area contributed by atoms with Crippen molar-refractivity contribution in [2.24, 2.45) is 0 Å². The number of nitrogens with one attached hydrogen (secondary N) is 3. The fourth-order valence-electron chi connectivity index (χ4n) is 3.06. The van der Waals surface area contributed by atoms with E-state index in [2.05, 4.69) is 20.2 Å². The van der Waals surface area contributed by atoms with Crippen LogP contribution in [-0.4, -0.2) is 24.5 Å². The molecule has 0 aliphatic carbocycles. The Morgan fingerprint density at radius 1 is 1.03 bits per heavy atom. The molecule has 7 nitrogen and oxygen atoms in total. The molecule has 0 saturated heterocycles. The second kappa shape index (κ2) is 7.81. The number of rotatable bonds is 5. The number of carbonyl (C=O) groups excluding carboxylic acids is 1. The zero-order chi connectivity index (χ0) is 21.3. The zero-order valence-corrected chi connectivity index (χ0v) is 17.4. The van der Waals surface area contributed by atoms with Gasteiger partial charge in [0.05, 0.1) is 26.8 Å². The van der Waals surface area contributed by atoms with Gasteiger partial charge in [-0.05, 0) is 36.4 Å². The number of halogens is 1. The van der Waals surface area contributed by atoms with Gasteiger partial charge in [0, 0.05) is 23.6 Å². The predicted molar refractivity (Wildman–Crippen MR) is 118 cm³/mol. The zero-order valence-electron chi connectivity index (χ0n) is 15.8. The van der Waals surface area contributed by atoms with Gasteiger partial charge in [-0.25, -0.2) is 8.42 Å². The molecule has 3 aromatic carbocycles. The number of carbonyl (C=O) groups is 1. The third kappa shape index (κ3) is 4.00. The Morgan fingerprint density at radius 3 is 2.50 bits per heavy atom. The molecule has 0 aliphatic heterocycles. The third-order valence-corrected chi connectivity index (χ3v) is 6.12. The van der Waals surface area contributed by atoms with Crippen molar-refractivity contribution in [2.75, 3.05) is 10.0 Å². The van der Waals surface area contributed by atoms with Gasteiger partial charge < -0.3 is 5.32 Å². The highest BCUT2D eigenvalue weighted by molar-refractivity contribution is 7.92. The molecular weight excluding hydrogens is 424 g/mol. The SMILES string of the molecule is CC(=O)Nc1ccc(S(=O)(=O)Nc2ccc3[nH]nc(-c4ccccc4)c3c2)cc1Cl. The molecule has 0 saturated carbocycles. The molecule has 0 bridgehead atoms. The summed E-state index contributed by atoms with van der Waals surface area (Å²) in [5.74, 6) is -0.298. The number of benzene rings is 3. The van der Waals surface area contributed by atoms with Crippen LogP contribution >= 0.6 is 11.6 Å². The van der Waals surface area contributed by atoms with Crippen LogP contribution in [0.1, 0.15) is 6.92 Å². The van der Waals surface area contributed by atoms with Crippen LogP contribution in [0.25, 0.3) is 22.2 Å². The van der Waals surface area contributed by atoms with Crippen molar-refractivity contribution < 1.29 is 13.2 Å². The molecular formula is C21H17ClN4O3S. The van der Waals surface area contributed by atoms with Crippen molar-refractivity contribution >= 4 is 49.8 Å². The van der Waals surface area contributed by atoms with Crippen LogP contribution in [0.4, 0.5) is 11.4 Å². The first kappa shape index (κ1) is 19.9. The number of hydrogen-bond acceptors (Lipinski definition) is 4. The summed E-state index contributed by atoms with van der Waals surface area (Å²) < 4.78 is 28.2. The Hall–Kier alpha value is -3.36. The van der Waals surface area contributed by atoms with E-state index in [1.54, 1.807) is 18.2 Å². The molecule has 0 spiro atoms. The molecule has 152 valence electrons. The van der Waals surface area contributed by atoms with E-state index in [4.69, 9.17) is 11.6 Å². The van der Waals surface area contributed by atoms with Gasteiger partial charge in [0.2, 0.25) is 5.91 Å². The van der Waals surface area contributed by atoms with Crippen LogP contribution in [0.3, 0.4) is 0 Å². The van der Waals surface area contributed by atoms with Crippen molar-refractivity contribution in [1.82, 2.24) is 10.2 Å². The number of H-pyrrole nitrogens is 1. The van der Waals surface area contributed by atoms with Gasteiger partial charge in [-0.2, -0.15) is 5.10 Å². The summed E-state index contributed by atoms with van der Waals surface area (Å²) in [5.41, 5.74) is 3.18. The van der Waals surface area contributed by atoms with Gasteiger partial charge in [-0.1, -0.05) is 41.9 Å². The van der Waals surface area contributed by atoms with E-state index in [0.29, 0.717) is 11.4 Å². The van der Waals surface area contributed by atoms with Crippen LogP contribution in [0.5, 0.6) is 0 Å². The van der Waals surface area contributed by atoms with Crippen molar-refractivity contribution in [2.45, 2.75) is 11.8 Å². The van der Waals surface area contributed by atoms with E-state index in [0.717, 1.165) is 22.2 Å². The van der Waals surface area contributed by atoms with Crippen LogP contribution in [0.2, 0.25) is 5.02 Å². The lowest BCUT2D eigenvalue weighted by Gasteiger charge is -2.11. The minimum absolute atomic E-state index is 0.0165. The maximum Gasteiger partial charge on any atom is 0.261 e. The van der Waals surface area contributed by atoms with Gasteiger partial charge in [0.25, 0.3) is 10.0 Å². The molecule has 4 rings (SSSR count). The van der Waals surface area contributed by atoms with Crippen molar-refractivity contribution in [1.29, 1.82) is 0 Å². The average molecular weight is 441 g/mol. The molecule has 1 heterocycles. The smallest absolute Gasteiger partial charge is 0.261 e. The second-order valence-electron chi connectivity index (χ2n) is 6.63. The minimum Gasteiger partial charge on any atom is -0.325 e. The Kier molecular flexibility index (Phi) is 5.19. The quantitative estimate of drug-likeness (QED) is 0.420. The van der Waals surface area contributed by atoms with E-state index in [-0.39, 0.29) is 15.8 Å². The summed E-state index contributed by atoms with van der Waals surface area (Å²) in [6.07, 6.45) is 0.